The van der Waals surface area contributed by atoms with Gasteiger partial charge in [-0.2, -0.15) is 0 Å². The summed E-state index contributed by atoms with van der Waals surface area (Å²) in [6.07, 6.45) is 7.13. The van der Waals surface area contributed by atoms with Crippen molar-refractivity contribution in [3.8, 4) is 5.69 Å². The van der Waals surface area contributed by atoms with Crippen molar-refractivity contribution in [1.29, 1.82) is 0 Å². The Morgan fingerprint density at radius 2 is 2.07 bits per heavy atom. The Kier molecular flexibility index (Phi) is 3.90. The fourth-order valence-electron chi connectivity index (χ4n) is 4.67. The summed E-state index contributed by atoms with van der Waals surface area (Å²) in [5, 5.41) is 13.7. The first kappa shape index (κ1) is 17.1. The molecule has 6 nitrogen and oxygen atoms in total. The molecular formula is C22H22N6S. The van der Waals surface area contributed by atoms with Crippen LogP contribution < -0.4 is 5.32 Å². The fourth-order valence-corrected chi connectivity index (χ4v) is 6.02. The molecule has 1 aromatic carbocycles. The lowest BCUT2D eigenvalue weighted by molar-refractivity contribution is 0.509. The number of hydrogen-bond donors (Lipinski definition) is 1. The SMILES string of the molecule is C[C@H]1CCc2c(sc3ncnc(NCc4nnc5n4-c4ccccc4CC5)c23)C1. The van der Waals surface area contributed by atoms with E-state index >= 15 is 0 Å². The first-order valence-electron chi connectivity index (χ1n) is 10.3. The van der Waals surface area contributed by atoms with E-state index < -0.39 is 0 Å². The summed E-state index contributed by atoms with van der Waals surface area (Å²) >= 11 is 1.83. The third kappa shape index (κ3) is 2.75. The van der Waals surface area contributed by atoms with E-state index in [0.29, 0.717) is 6.54 Å². The van der Waals surface area contributed by atoms with Crippen molar-refractivity contribution in [2.24, 2.45) is 5.92 Å². The molecule has 1 N–H and O–H groups in total. The van der Waals surface area contributed by atoms with Gasteiger partial charge in [0.05, 0.1) is 17.6 Å². The van der Waals surface area contributed by atoms with Gasteiger partial charge < -0.3 is 5.32 Å². The van der Waals surface area contributed by atoms with Crippen molar-refractivity contribution in [2.75, 3.05) is 5.32 Å². The molecule has 29 heavy (non-hydrogen) atoms. The maximum absolute atomic E-state index is 4.59. The van der Waals surface area contributed by atoms with Crippen LogP contribution in [0.25, 0.3) is 15.9 Å². The summed E-state index contributed by atoms with van der Waals surface area (Å²) in [6.45, 7) is 2.93. The van der Waals surface area contributed by atoms with E-state index in [4.69, 9.17) is 0 Å². The molecule has 4 aromatic rings. The molecule has 7 heteroatoms. The molecule has 2 aliphatic rings. The molecule has 1 atom stereocenters. The molecule has 1 aliphatic carbocycles. The van der Waals surface area contributed by atoms with Gasteiger partial charge in [-0.1, -0.05) is 25.1 Å². The van der Waals surface area contributed by atoms with E-state index in [-0.39, 0.29) is 0 Å². The zero-order valence-electron chi connectivity index (χ0n) is 16.4. The predicted molar refractivity (Wildman–Crippen MR) is 115 cm³/mol. The van der Waals surface area contributed by atoms with Gasteiger partial charge in [0.2, 0.25) is 0 Å². The molecule has 0 saturated carbocycles. The molecule has 0 radical (unpaired) electrons. The van der Waals surface area contributed by atoms with E-state index in [9.17, 15) is 0 Å². The number of fused-ring (bicyclic) bond motifs is 6. The zero-order valence-corrected chi connectivity index (χ0v) is 17.2. The Bertz CT molecular complexity index is 1220. The molecule has 0 fully saturated rings. The lowest BCUT2D eigenvalue weighted by atomic mass is 9.89. The molecule has 0 spiro atoms. The van der Waals surface area contributed by atoms with E-state index in [2.05, 4.69) is 61.2 Å². The number of anilines is 1. The van der Waals surface area contributed by atoms with Crippen LogP contribution in [0.4, 0.5) is 5.82 Å². The number of benzene rings is 1. The van der Waals surface area contributed by atoms with Crippen LogP contribution in [0.5, 0.6) is 0 Å². The van der Waals surface area contributed by atoms with Crippen molar-refractivity contribution in [1.82, 2.24) is 24.7 Å². The van der Waals surface area contributed by atoms with Crippen LogP contribution in [-0.2, 0) is 32.2 Å². The monoisotopic (exact) mass is 402 g/mol. The van der Waals surface area contributed by atoms with Gasteiger partial charge in [0.25, 0.3) is 0 Å². The van der Waals surface area contributed by atoms with Crippen molar-refractivity contribution in [2.45, 2.75) is 45.6 Å². The van der Waals surface area contributed by atoms with Gasteiger partial charge in [0.1, 0.15) is 22.8 Å². The molecule has 1 aliphatic heterocycles. The smallest absolute Gasteiger partial charge is 0.157 e. The third-order valence-corrected chi connectivity index (χ3v) is 7.32. The van der Waals surface area contributed by atoms with Crippen molar-refractivity contribution in [3.63, 3.8) is 0 Å². The minimum atomic E-state index is 0.592. The van der Waals surface area contributed by atoms with Gasteiger partial charge in [-0.25, -0.2) is 9.97 Å². The molecule has 0 bridgehead atoms. The Morgan fingerprint density at radius 1 is 1.14 bits per heavy atom. The summed E-state index contributed by atoms with van der Waals surface area (Å²) in [5.74, 6) is 3.64. The minimum Gasteiger partial charge on any atom is -0.362 e. The molecule has 146 valence electrons. The number of rotatable bonds is 3. The fraction of sp³-hybridized carbons (Fsp3) is 0.364. The number of nitrogens with zero attached hydrogens (tertiary/aromatic N) is 5. The highest BCUT2D eigenvalue weighted by molar-refractivity contribution is 7.19. The highest BCUT2D eigenvalue weighted by atomic mass is 32.1. The summed E-state index contributed by atoms with van der Waals surface area (Å²) in [6, 6.07) is 8.54. The highest BCUT2D eigenvalue weighted by Gasteiger charge is 2.24. The molecule has 0 saturated heterocycles. The number of para-hydroxylation sites is 1. The Labute approximate surface area is 173 Å². The number of hydrogen-bond acceptors (Lipinski definition) is 6. The molecular weight excluding hydrogens is 380 g/mol. The zero-order chi connectivity index (χ0) is 19.4. The summed E-state index contributed by atoms with van der Waals surface area (Å²) in [4.78, 5) is 11.7. The van der Waals surface area contributed by atoms with Crippen molar-refractivity contribution < 1.29 is 0 Å². The molecule has 0 unspecified atom stereocenters. The quantitative estimate of drug-likeness (QED) is 0.559. The minimum absolute atomic E-state index is 0.592. The molecule has 0 amide bonds. The van der Waals surface area contributed by atoms with Crippen LogP contribution in [0, 0.1) is 5.92 Å². The van der Waals surface area contributed by atoms with Crippen LogP contribution in [0.3, 0.4) is 0 Å². The Morgan fingerprint density at radius 3 is 3.03 bits per heavy atom. The van der Waals surface area contributed by atoms with Gasteiger partial charge in [0, 0.05) is 11.3 Å². The number of aryl methyl sites for hydroxylation is 3. The average Bonchev–Trinajstić information content (AvgIpc) is 3.33. The standard InChI is InChI=1S/C22H22N6S/c1-13-6-8-15-17(10-13)29-22-20(15)21(24-12-25-22)23-11-19-27-26-18-9-7-14-4-2-3-5-16(14)28(18)19/h2-5,12-13H,6-11H2,1H3,(H,23,24,25)/t13-/m0/s1. The second kappa shape index (κ2) is 6.62. The number of thiophene rings is 1. The van der Waals surface area contributed by atoms with Gasteiger partial charge in [-0.3, -0.25) is 4.57 Å². The lowest BCUT2D eigenvalue weighted by Crippen LogP contribution is -2.16. The normalized spacial score (nSPS) is 17.6. The van der Waals surface area contributed by atoms with E-state index in [1.807, 2.05) is 11.3 Å². The van der Waals surface area contributed by atoms with Crippen LogP contribution in [0.1, 0.15) is 41.0 Å². The number of nitrogens with one attached hydrogen (secondary N) is 1. The second-order valence-corrected chi connectivity index (χ2v) is 9.19. The van der Waals surface area contributed by atoms with Crippen LogP contribution in [0.15, 0.2) is 30.6 Å². The maximum Gasteiger partial charge on any atom is 0.157 e. The number of aromatic nitrogens is 5. The summed E-state index contributed by atoms with van der Waals surface area (Å²) < 4.78 is 2.20. The average molecular weight is 403 g/mol. The largest absolute Gasteiger partial charge is 0.362 e. The van der Waals surface area contributed by atoms with E-state index in [1.165, 1.54) is 33.5 Å². The van der Waals surface area contributed by atoms with Crippen molar-refractivity contribution >= 4 is 27.4 Å². The second-order valence-electron chi connectivity index (χ2n) is 8.10. The van der Waals surface area contributed by atoms with Gasteiger partial charge in [-0.05, 0) is 48.8 Å². The summed E-state index contributed by atoms with van der Waals surface area (Å²) in [7, 11) is 0. The summed E-state index contributed by atoms with van der Waals surface area (Å²) in [5.41, 5.74) is 4.00. The first-order chi connectivity index (χ1) is 14.3. The molecule has 3 aromatic heterocycles. The van der Waals surface area contributed by atoms with Crippen molar-refractivity contribution in [3.05, 3.63) is 58.2 Å². The predicted octanol–water partition coefficient (Wildman–Crippen LogP) is 4.11. The molecule has 6 rings (SSSR count). The van der Waals surface area contributed by atoms with E-state index in [0.717, 1.165) is 53.9 Å². The van der Waals surface area contributed by atoms with E-state index in [1.54, 1.807) is 6.33 Å². The highest BCUT2D eigenvalue weighted by Crippen LogP contribution is 2.39. The van der Waals surface area contributed by atoms with Gasteiger partial charge >= 0.3 is 0 Å². The van der Waals surface area contributed by atoms with Gasteiger partial charge in [0.15, 0.2) is 5.82 Å². The van der Waals surface area contributed by atoms with Crippen LogP contribution >= 0.6 is 11.3 Å². The third-order valence-electron chi connectivity index (χ3n) is 6.15. The Hall–Kier alpha value is -2.80. The lowest BCUT2D eigenvalue weighted by Gasteiger charge is -2.20. The van der Waals surface area contributed by atoms with Crippen LogP contribution in [-0.4, -0.2) is 24.7 Å². The van der Waals surface area contributed by atoms with Gasteiger partial charge in [-0.15, -0.1) is 21.5 Å². The Balaban J connectivity index is 1.35. The maximum atomic E-state index is 4.59. The molecule has 4 heterocycles. The van der Waals surface area contributed by atoms with Crippen LogP contribution in [0.2, 0.25) is 0 Å². The topological polar surface area (TPSA) is 68.5 Å². The first-order valence-corrected chi connectivity index (χ1v) is 11.1.